The number of ether oxygens (including phenoxy) is 1. The van der Waals surface area contributed by atoms with Crippen LogP contribution in [0.25, 0.3) is 0 Å². The normalized spacial score (nSPS) is 16.4. The van der Waals surface area contributed by atoms with Crippen LogP contribution in [0.3, 0.4) is 0 Å². The number of aldehydes is 1. The maximum atomic E-state index is 10.9. The van der Waals surface area contributed by atoms with Crippen LogP contribution in [-0.2, 0) is 16.0 Å². The smallest absolute Gasteiger partial charge is 0.144 e. The van der Waals surface area contributed by atoms with Gasteiger partial charge in [0.15, 0.2) is 0 Å². The zero-order valence-electron chi connectivity index (χ0n) is 12.0. The Labute approximate surface area is 134 Å². The third-order valence-electron chi connectivity index (χ3n) is 3.71. The second kappa shape index (κ2) is 7.22. The molecule has 1 fully saturated rings. The molecular formula is C16H20INO2. The van der Waals surface area contributed by atoms with Crippen molar-refractivity contribution in [3.05, 3.63) is 44.2 Å². The van der Waals surface area contributed by atoms with Crippen molar-refractivity contribution in [1.29, 1.82) is 0 Å². The van der Waals surface area contributed by atoms with Gasteiger partial charge in [-0.1, -0.05) is 12.1 Å². The van der Waals surface area contributed by atoms with Crippen LogP contribution < -0.4 is 0 Å². The van der Waals surface area contributed by atoms with Gasteiger partial charge in [-0.25, -0.2) is 0 Å². The number of nitrogens with zero attached hydrogens (tertiary/aromatic N) is 1. The summed E-state index contributed by atoms with van der Waals surface area (Å²) in [5, 5.41) is 0. The van der Waals surface area contributed by atoms with Gasteiger partial charge in [0, 0.05) is 28.8 Å². The summed E-state index contributed by atoms with van der Waals surface area (Å²) in [4.78, 5) is 13.2. The lowest BCUT2D eigenvalue weighted by molar-refractivity contribution is -0.104. The zero-order valence-corrected chi connectivity index (χ0v) is 14.1. The lowest BCUT2D eigenvalue weighted by Crippen LogP contribution is -2.36. The SMILES string of the molecule is Cc1ccc(C)c(C/C(=C\C=O)N2CCOCC2)c1I. The van der Waals surface area contributed by atoms with Crippen LogP contribution in [0.4, 0.5) is 0 Å². The third kappa shape index (κ3) is 3.61. The van der Waals surface area contributed by atoms with E-state index < -0.39 is 0 Å². The molecular weight excluding hydrogens is 365 g/mol. The predicted octanol–water partition coefficient (Wildman–Crippen LogP) is 2.87. The van der Waals surface area contributed by atoms with Crippen LogP contribution in [-0.4, -0.2) is 37.5 Å². The van der Waals surface area contributed by atoms with Gasteiger partial charge < -0.3 is 9.64 Å². The molecule has 1 aromatic rings. The van der Waals surface area contributed by atoms with E-state index in [-0.39, 0.29) is 0 Å². The first kappa shape index (κ1) is 15.5. The van der Waals surface area contributed by atoms with Gasteiger partial charge in [-0.15, -0.1) is 0 Å². The molecule has 108 valence electrons. The van der Waals surface area contributed by atoms with E-state index in [2.05, 4.69) is 53.5 Å². The predicted molar refractivity (Wildman–Crippen MR) is 88.9 cm³/mol. The van der Waals surface area contributed by atoms with Crippen LogP contribution in [0.1, 0.15) is 16.7 Å². The molecule has 0 radical (unpaired) electrons. The third-order valence-corrected chi connectivity index (χ3v) is 5.21. The highest BCUT2D eigenvalue weighted by Crippen LogP contribution is 2.24. The number of halogens is 1. The molecule has 0 saturated carbocycles. The zero-order chi connectivity index (χ0) is 14.5. The molecule has 1 heterocycles. The molecule has 0 unspecified atom stereocenters. The highest BCUT2D eigenvalue weighted by atomic mass is 127. The van der Waals surface area contributed by atoms with E-state index in [0.717, 1.165) is 44.7 Å². The number of allylic oxidation sites excluding steroid dienone is 2. The van der Waals surface area contributed by atoms with Gasteiger partial charge in [0.1, 0.15) is 6.29 Å². The lowest BCUT2D eigenvalue weighted by Gasteiger charge is -2.31. The fraction of sp³-hybridized carbons (Fsp3) is 0.438. The van der Waals surface area contributed by atoms with Crippen molar-refractivity contribution in [1.82, 2.24) is 4.90 Å². The molecule has 4 heteroatoms. The summed E-state index contributed by atoms with van der Waals surface area (Å²) in [6, 6.07) is 4.31. The first-order valence-electron chi connectivity index (χ1n) is 6.85. The van der Waals surface area contributed by atoms with Crippen LogP contribution in [0.2, 0.25) is 0 Å². The van der Waals surface area contributed by atoms with E-state index in [4.69, 9.17) is 4.74 Å². The van der Waals surface area contributed by atoms with Crippen molar-refractivity contribution in [2.75, 3.05) is 26.3 Å². The van der Waals surface area contributed by atoms with Gasteiger partial charge in [-0.2, -0.15) is 0 Å². The molecule has 1 saturated heterocycles. The minimum absolute atomic E-state index is 0.736. The Bertz CT molecular complexity index is 519. The van der Waals surface area contributed by atoms with Crippen LogP contribution >= 0.6 is 22.6 Å². The molecule has 0 amide bonds. The van der Waals surface area contributed by atoms with E-state index >= 15 is 0 Å². The number of carbonyl (C=O) groups excluding carboxylic acids is 1. The molecule has 20 heavy (non-hydrogen) atoms. The van der Waals surface area contributed by atoms with Crippen molar-refractivity contribution >= 4 is 28.9 Å². The van der Waals surface area contributed by atoms with Crippen molar-refractivity contribution in [3.8, 4) is 0 Å². The van der Waals surface area contributed by atoms with Crippen LogP contribution in [0, 0.1) is 17.4 Å². The first-order chi connectivity index (χ1) is 9.63. The van der Waals surface area contributed by atoms with Gasteiger partial charge in [0.25, 0.3) is 0 Å². The van der Waals surface area contributed by atoms with Crippen molar-refractivity contribution in [2.45, 2.75) is 20.3 Å². The summed E-state index contributed by atoms with van der Waals surface area (Å²) in [6.07, 6.45) is 3.40. The second-order valence-electron chi connectivity index (χ2n) is 5.06. The minimum Gasteiger partial charge on any atom is -0.378 e. The van der Waals surface area contributed by atoms with Gasteiger partial charge in [-0.3, -0.25) is 4.79 Å². The molecule has 0 aromatic heterocycles. The number of benzene rings is 1. The fourth-order valence-corrected chi connectivity index (χ4v) is 3.23. The number of carbonyl (C=O) groups is 1. The average Bonchev–Trinajstić information content (AvgIpc) is 2.47. The summed E-state index contributed by atoms with van der Waals surface area (Å²) >= 11 is 2.40. The Balaban J connectivity index is 2.27. The average molecular weight is 385 g/mol. The summed E-state index contributed by atoms with van der Waals surface area (Å²) in [7, 11) is 0. The highest BCUT2D eigenvalue weighted by Gasteiger charge is 2.16. The van der Waals surface area contributed by atoms with E-state index in [0.29, 0.717) is 0 Å². The molecule has 1 aromatic carbocycles. The first-order valence-corrected chi connectivity index (χ1v) is 7.93. The summed E-state index contributed by atoms with van der Waals surface area (Å²) < 4.78 is 6.68. The number of aryl methyl sites for hydroxylation is 2. The Morgan fingerprint density at radius 1 is 1.30 bits per heavy atom. The molecule has 0 atom stereocenters. The largest absolute Gasteiger partial charge is 0.378 e. The van der Waals surface area contributed by atoms with Gasteiger partial charge in [0.05, 0.1) is 13.2 Å². The Kier molecular flexibility index (Phi) is 5.60. The summed E-state index contributed by atoms with van der Waals surface area (Å²) in [5.41, 5.74) is 4.99. The van der Waals surface area contributed by atoms with Crippen LogP contribution in [0.5, 0.6) is 0 Å². The van der Waals surface area contributed by atoms with Crippen molar-refractivity contribution in [3.63, 3.8) is 0 Å². The molecule has 0 aliphatic carbocycles. The quantitative estimate of drug-likeness (QED) is 0.454. The summed E-state index contributed by atoms with van der Waals surface area (Å²) in [6.45, 7) is 7.46. The highest BCUT2D eigenvalue weighted by molar-refractivity contribution is 14.1. The number of hydrogen-bond donors (Lipinski definition) is 0. The molecule has 0 spiro atoms. The number of rotatable bonds is 4. The van der Waals surface area contributed by atoms with E-state index in [1.807, 2.05) is 0 Å². The fourth-order valence-electron chi connectivity index (χ4n) is 2.44. The van der Waals surface area contributed by atoms with E-state index in [9.17, 15) is 4.79 Å². The van der Waals surface area contributed by atoms with Crippen LogP contribution in [0.15, 0.2) is 23.9 Å². The lowest BCUT2D eigenvalue weighted by atomic mass is 10.0. The Morgan fingerprint density at radius 2 is 1.95 bits per heavy atom. The molecule has 1 aliphatic rings. The monoisotopic (exact) mass is 385 g/mol. The standard InChI is InChI=1S/C16H20INO2/c1-12-3-4-13(2)16(17)15(12)11-14(5-8-19)18-6-9-20-10-7-18/h3-5,8H,6-7,9-11H2,1-2H3/b14-5+. The number of hydrogen-bond acceptors (Lipinski definition) is 3. The topological polar surface area (TPSA) is 29.5 Å². The van der Waals surface area contributed by atoms with Crippen molar-refractivity contribution < 1.29 is 9.53 Å². The van der Waals surface area contributed by atoms with E-state index in [1.54, 1.807) is 6.08 Å². The second-order valence-corrected chi connectivity index (χ2v) is 6.14. The Morgan fingerprint density at radius 3 is 2.60 bits per heavy atom. The summed E-state index contributed by atoms with van der Waals surface area (Å²) in [5.74, 6) is 0. The Hall–Kier alpha value is -0.880. The van der Waals surface area contributed by atoms with E-state index in [1.165, 1.54) is 20.3 Å². The molecule has 3 nitrogen and oxygen atoms in total. The molecule has 0 N–H and O–H groups in total. The van der Waals surface area contributed by atoms with Gasteiger partial charge >= 0.3 is 0 Å². The van der Waals surface area contributed by atoms with Gasteiger partial charge in [-0.05, 0) is 59.2 Å². The number of morpholine rings is 1. The van der Waals surface area contributed by atoms with Crippen molar-refractivity contribution in [2.24, 2.45) is 0 Å². The minimum atomic E-state index is 0.736. The maximum absolute atomic E-state index is 10.9. The molecule has 1 aliphatic heterocycles. The maximum Gasteiger partial charge on any atom is 0.144 e. The molecule has 2 rings (SSSR count). The van der Waals surface area contributed by atoms with Gasteiger partial charge in [0.2, 0.25) is 0 Å². The molecule has 0 bridgehead atoms.